The van der Waals surface area contributed by atoms with Crippen molar-refractivity contribution >= 4 is 17.4 Å². The topological polar surface area (TPSA) is 6.48 Å². The van der Waals surface area contributed by atoms with Crippen molar-refractivity contribution in [3.8, 4) is 0 Å². The molecule has 0 amide bonds. The minimum Gasteiger partial charge on any atom is -0.371 e. The Morgan fingerprint density at radius 3 is 2.17 bits per heavy atom. The summed E-state index contributed by atoms with van der Waals surface area (Å²) >= 11 is 2.02. The first-order valence-corrected chi connectivity index (χ1v) is 10.0. The van der Waals surface area contributed by atoms with Crippen LogP contribution in [0.25, 0.3) is 0 Å². The van der Waals surface area contributed by atoms with Gasteiger partial charge in [0.25, 0.3) is 0 Å². The summed E-state index contributed by atoms with van der Waals surface area (Å²) in [6.45, 7) is 6.74. The van der Waals surface area contributed by atoms with Crippen molar-refractivity contribution in [3.63, 3.8) is 0 Å². The van der Waals surface area contributed by atoms with Gasteiger partial charge in [-0.05, 0) is 44.3 Å². The van der Waals surface area contributed by atoms with Crippen LogP contribution < -0.4 is 4.90 Å². The summed E-state index contributed by atoms with van der Waals surface area (Å²) < 4.78 is 0. The highest BCUT2D eigenvalue weighted by Crippen LogP contribution is 2.17. The maximum absolute atomic E-state index is 2.53. The second-order valence-electron chi connectivity index (χ2n) is 6.11. The van der Waals surface area contributed by atoms with Crippen molar-refractivity contribution in [1.82, 2.24) is 4.90 Å². The molecule has 0 saturated carbocycles. The summed E-state index contributed by atoms with van der Waals surface area (Å²) in [6, 6.07) is 21.6. The quantitative estimate of drug-likeness (QED) is 0.543. The van der Waals surface area contributed by atoms with Gasteiger partial charge in [0, 0.05) is 30.3 Å². The van der Waals surface area contributed by atoms with E-state index in [1.807, 2.05) is 11.8 Å². The number of nitrogens with zero attached hydrogens (tertiary/aromatic N) is 2. The molecule has 0 aliphatic heterocycles. The van der Waals surface area contributed by atoms with Crippen LogP contribution in [-0.4, -0.2) is 43.9 Å². The molecule has 0 bridgehead atoms. The molecule has 2 aromatic carbocycles. The maximum Gasteiger partial charge on any atom is 0.0366 e. The normalized spacial score (nSPS) is 11.0. The summed E-state index contributed by atoms with van der Waals surface area (Å²) in [5.41, 5.74) is 2.76. The molecule has 0 fully saturated rings. The van der Waals surface area contributed by atoms with Crippen LogP contribution in [0, 0.1) is 0 Å². The van der Waals surface area contributed by atoms with Gasteiger partial charge in [-0.1, -0.05) is 55.5 Å². The lowest BCUT2D eigenvalue weighted by atomic mass is 10.2. The van der Waals surface area contributed by atoms with E-state index in [-0.39, 0.29) is 0 Å². The van der Waals surface area contributed by atoms with Crippen molar-refractivity contribution < 1.29 is 0 Å². The third kappa shape index (κ3) is 6.98. The van der Waals surface area contributed by atoms with Gasteiger partial charge in [-0.3, -0.25) is 0 Å². The average molecular weight is 343 g/mol. The van der Waals surface area contributed by atoms with Crippen molar-refractivity contribution in [3.05, 3.63) is 66.2 Å². The highest BCUT2D eigenvalue weighted by Gasteiger charge is 2.06. The first-order valence-electron chi connectivity index (χ1n) is 8.90. The number of thioether (sulfide) groups is 1. The molecule has 0 unspecified atom stereocenters. The number of benzene rings is 2. The summed E-state index contributed by atoms with van der Waals surface area (Å²) in [4.78, 5) is 4.91. The molecule has 0 heterocycles. The minimum atomic E-state index is 1.10. The highest BCUT2D eigenvalue weighted by molar-refractivity contribution is 7.98. The van der Waals surface area contributed by atoms with Crippen LogP contribution in [0.15, 0.2) is 60.7 Å². The van der Waals surface area contributed by atoms with Crippen molar-refractivity contribution in [2.45, 2.75) is 19.1 Å². The first kappa shape index (κ1) is 18.9. The molecule has 0 N–H and O–H groups in total. The first-order chi connectivity index (χ1) is 11.8. The standard InChI is InChI=1S/C21H30N2S/c1-3-22(2)15-10-16-23(21-13-8-5-9-14-21)17-18-24-19-20-11-6-4-7-12-20/h4-9,11-14H,3,10,15-19H2,1-2H3. The minimum absolute atomic E-state index is 1.10. The van der Waals surface area contributed by atoms with E-state index in [9.17, 15) is 0 Å². The molecule has 3 heteroatoms. The number of hydrogen-bond acceptors (Lipinski definition) is 3. The number of para-hydroxylation sites is 1. The second-order valence-corrected chi connectivity index (χ2v) is 7.22. The molecule has 0 radical (unpaired) electrons. The molecule has 24 heavy (non-hydrogen) atoms. The van der Waals surface area contributed by atoms with Crippen LogP contribution in [-0.2, 0) is 5.75 Å². The van der Waals surface area contributed by atoms with E-state index in [1.54, 1.807) is 0 Å². The second kappa shape index (κ2) is 11.2. The molecule has 0 aliphatic carbocycles. The lowest BCUT2D eigenvalue weighted by Crippen LogP contribution is -2.30. The van der Waals surface area contributed by atoms with E-state index in [1.165, 1.54) is 17.7 Å². The van der Waals surface area contributed by atoms with Crippen LogP contribution in [0.4, 0.5) is 5.69 Å². The van der Waals surface area contributed by atoms with Gasteiger partial charge in [0.15, 0.2) is 0 Å². The van der Waals surface area contributed by atoms with Gasteiger partial charge in [-0.2, -0.15) is 11.8 Å². The van der Waals surface area contributed by atoms with Gasteiger partial charge in [0.05, 0.1) is 0 Å². The van der Waals surface area contributed by atoms with Gasteiger partial charge in [0.1, 0.15) is 0 Å². The Kier molecular flexibility index (Phi) is 8.78. The van der Waals surface area contributed by atoms with E-state index in [4.69, 9.17) is 0 Å². The summed E-state index contributed by atoms with van der Waals surface area (Å²) in [7, 11) is 2.20. The molecule has 2 aromatic rings. The SMILES string of the molecule is CCN(C)CCCN(CCSCc1ccccc1)c1ccccc1. The van der Waals surface area contributed by atoms with Crippen LogP contribution in [0.3, 0.4) is 0 Å². The zero-order valence-electron chi connectivity index (χ0n) is 15.0. The average Bonchev–Trinajstić information content (AvgIpc) is 2.65. The Hall–Kier alpha value is -1.45. The Balaban J connectivity index is 1.79. The Bertz CT molecular complexity index is 544. The Labute approximate surface area is 151 Å². The van der Waals surface area contributed by atoms with E-state index in [0.717, 1.165) is 37.7 Å². The van der Waals surface area contributed by atoms with Crippen molar-refractivity contribution in [2.24, 2.45) is 0 Å². The summed E-state index contributed by atoms with van der Waals surface area (Å²) in [6.07, 6.45) is 1.21. The molecule has 130 valence electrons. The van der Waals surface area contributed by atoms with Crippen molar-refractivity contribution in [1.29, 1.82) is 0 Å². The maximum atomic E-state index is 2.53. The van der Waals surface area contributed by atoms with Crippen LogP contribution in [0.2, 0.25) is 0 Å². The largest absolute Gasteiger partial charge is 0.371 e. The van der Waals surface area contributed by atoms with Crippen LogP contribution >= 0.6 is 11.8 Å². The Morgan fingerprint density at radius 2 is 1.50 bits per heavy atom. The predicted molar refractivity (Wildman–Crippen MR) is 109 cm³/mol. The third-order valence-electron chi connectivity index (χ3n) is 4.25. The van der Waals surface area contributed by atoms with Gasteiger partial charge in [-0.25, -0.2) is 0 Å². The molecule has 0 aromatic heterocycles. The van der Waals surface area contributed by atoms with Gasteiger partial charge < -0.3 is 9.80 Å². The predicted octanol–water partition coefficient (Wildman–Crippen LogP) is 4.77. The number of rotatable bonds is 11. The molecule has 0 aliphatic rings. The zero-order valence-corrected chi connectivity index (χ0v) is 15.8. The fourth-order valence-corrected chi connectivity index (χ4v) is 3.56. The fourth-order valence-electron chi connectivity index (χ4n) is 2.64. The lowest BCUT2D eigenvalue weighted by Gasteiger charge is -2.26. The fraction of sp³-hybridized carbons (Fsp3) is 0.429. The summed E-state index contributed by atoms with van der Waals surface area (Å²) in [5, 5.41) is 0. The number of hydrogen-bond donors (Lipinski definition) is 0. The lowest BCUT2D eigenvalue weighted by molar-refractivity contribution is 0.348. The molecular formula is C21H30N2S. The molecule has 0 atom stereocenters. The zero-order chi connectivity index (χ0) is 17.0. The molecule has 2 rings (SSSR count). The van der Waals surface area contributed by atoms with Crippen LogP contribution in [0.1, 0.15) is 18.9 Å². The van der Waals surface area contributed by atoms with Gasteiger partial charge >= 0.3 is 0 Å². The molecular weight excluding hydrogens is 312 g/mol. The highest BCUT2D eigenvalue weighted by atomic mass is 32.2. The van der Waals surface area contributed by atoms with Crippen molar-refractivity contribution in [2.75, 3.05) is 43.9 Å². The van der Waals surface area contributed by atoms with E-state index in [2.05, 4.69) is 84.4 Å². The molecule has 0 spiro atoms. The monoisotopic (exact) mass is 342 g/mol. The number of anilines is 1. The van der Waals surface area contributed by atoms with E-state index in [0.29, 0.717) is 0 Å². The Morgan fingerprint density at radius 1 is 0.833 bits per heavy atom. The smallest absolute Gasteiger partial charge is 0.0366 e. The third-order valence-corrected chi connectivity index (χ3v) is 5.25. The van der Waals surface area contributed by atoms with E-state index < -0.39 is 0 Å². The van der Waals surface area contributed by atoms with Gasteiger partial charge in [-0.15, -0.1) is 0 Å². The molecule has 2 nitrogen and oxygen atoms in total. The van der Waals surface area contributed by atoms with Crippen LogP contribution in [0.5, 0.6) is 0 Å². The molecule has 0 saturated heterocycles. The van der Waals surface area contributed by atoms with Gasteiger partial charge in [0.2, 0.25) is 0 Å². The summed E-state index contributed by atoms with van der Waals surface area (Å²) in [5.74, 6) is 2.26. The van der Waals surface area contributed by atoms with E-state index >= 15 is 0 Å².